The Hall–Kier alpha value is -2.01. The Balaban J connectivity index is 1.93. The molecule has 0 fully saturated rings. The molecule has 5 heteroatoms. The molecule has 3 rings (SSSR count). The lowest BCUT2D eigenvalue weighted by atomic mass is 10.2. The molecule has 0 unspecified atom stereocenters. The maximum absolute atomic E-state index is 13.2. The number of benzene rings is 1. The van der Waals surface area contributed by atoms with Crippen LogP contribution in [-0.4, -0.2) is 14.5 Å². The van der Waals surface area contributed by atoms with Crippen LogP contribution in [0.15, 0.2) is 42.6 Å². The zero-order valence-corrected chi connectivity index (χ0v) is 11.0. The number of H-pyrrole nitrogens is 1. The largest absolute Gasteiger partial charge is 0.330 e. The van der Waals surface area contributed by atoms with Crippen molar-refractivity contribution in [1.29, 1.82) is 0 Å². The molecule has 0 aliphatic heterocycles. The highest BCUT2D eigenvalue weighted by Crippen LogP contribution is 2.16. The number of pyridine rings is 1. The second-order valence-electron chi connectivity index (χ2n) is 4.31. The lowest BCUT2D eigenvalue weighted by molar-refractivity contribution is 0.629. The number of hydrogen-bond donors (Lipinski definition) is 1. The summed E-state index contributed by atoms with van der Waals surface area (Å²) in [6.07, 6.45) is 2.57. The molecule has 96 valence electrons. The number of aryl methyl sites for hydroxylation is 2. The Bertz CT molecular complexity index is 761. The molecule has 2 aromatic heterocycles. The van der Waals surface area contributed by atoms with Crippen molar-refractivity contribution in [1.82, 2.24) is 14.5 Å². The highest BCUT2D eigenvalue weighted by Gasteiger charge is 2.05. The molecular formula is C14H12FN3S. The number of nitrogens with one attached hydrogen (secondary N) is 1. The number of rotatable bonds is 3. The maximum atomic E-state index is 13.2. The Morgan fingerprint density at radius 2 is 2.16 bits per heavy atom. The SMILES string of the molecule is Fc1ccc2c(c1)[nH]c(=S)n2CCc1ccccn1. The molecule has 3 nitrogen and oxygen atoms in total. The van der Waals surface area contributed by atoms with Gasteiger partial charge in [-0.3, -0.25) is 4.98 Å². The first-order valence-corrected chi connectivity index (χ1v) is 6.43. The van der Waals surface area contributed by atoms with Crippen LogP contribution in [0.25, 0.3) is 11.0 Å². The van der Waals surface area contributed by atoms with E-state index in [0.29, 0.717) is 4.77 Å². The maximum Gasteiger partial charge on any atom is 0.178 e. The summed E-state index contributed by atoms with van der Waals surface area (Å²) in [7, 11) is 0. The van der Waals surface area contributed by atoms with Crippen molar-refractivity contribution in [2.75, 3.05) is 0 Å². The number of aromatic nitrogens is 3. The molecule has 19 heavy (non-hydrogen) atoms. The standard InChI is InChI=1S/C14H12FN3S/c15-10-4-5-13-12(9-10)17-14(19)18(13)8-6-11-3-1-2-7-16-11/h1-5,7,9H,6,8H2,(H,17,19). The minimum atomic E-state index is -0.263. The molecule has 3 aromatic rings. The molecule has 0 saturated carbocycles. The van der Waals surface area contributed by atoms with Crippen LogP contribution < -0.4 is 0 Å². The Morgan fingerprint density at radius 1 is 1.26 bits per heavy atom. The Kier molecular flexibility index (Phi) is 3.13. The lowest BCUT2D eigenvalue weighted by Crippen LogP contribution is -2.02. The van der Waals surface area contributed by atoms with Gasteiger partial charge in [-0.2, -0.15) is 0 Å². The second kappa shape index (κ2) is 4.93. The molecule has 1 aromatic carbocycles. The fraction of sp³-hybridized carbons (Fsp3) is 0.143. The minimum Gasteiger partial charge on any atom is -0.330 e. The van der Waals surface area contributed by atoms with Gasteiger partial charge in [0.25, 0.3) is 0 Å². The first kappa shape index (κ1) is 12.0. The van der Waals surface area contributed by atoms with Crippen molar-refractivity contribution in [3.8, 4) is 0 Å². The molecule has 0 radical (unpaired) electrons. The van der Waals surface area contributed by atoms with E-state index < -0.39 is 0 Å². The summed E-state index contributed by atoms with van der Waals surface area (Å²) in [5.41, 5.74) is 2.66. The second-order valence-corrected chi connectivity index (χ2v) is 4.70. The van der Waals surface area contributed by atoms with Gasteiger partial charge in [-0.1, -0.05) is 6.07 Å². The van der Waals surface area contributed by atoms with E-state index in [9.17, 15) is 4.39 Å². The van der Waals surface area contributed by atoms with E-state index in [1.165, 1.54) is 12.1 Å². The van der Waals surface area contributed by atoms with Gasteiger partial charge in [0.2, 0.25) is 0 Å². The van der Waals surface area contributed by atoms with Crippen LogP contribution in [0.4, 0.5) is 4.39 Å². The van der Waals surface area contributed by atoms with E-state index in [2.05, 4.69) is 9.97 Å². The summed E-state index contributed by atoms with van der Waals surface area (Å²) in [5, 5.41) is 0. The van der Waals surface area contributed by atoms with Gasteiger partial charge in [-0.25, -0.2) is 4.39 Å². The summed E-state index contributed by atoms with van der Waals surface area (Å²) in [5.74, 6) is -0.263. The number of fused-ring (bicyclic) bond motifs is 1. The van der Waals surface area contributed by atoms with Gasteiger partial charge in [-0.15, -0.1) is 0 Å². The van der Waals surface area contributed by atoms with Gasteiger partial charge in [0.1, 0.15) is 5.82 Å². The van der Waals surface area contributed by atoms with Gasteiger partial charge in [0.15, 0.2) is 4.77 Å². The zero-order chi connectivity index (χ0) is 13.2. The Labute approximate surface area is 114 Å². The Morgan fingerprint density at radius 3 is 2.95 bits per heavy atom. The fourth-order valence-corrected chi connectivity index (χ4v) is 2.43. The number of halogens is 1. The highest BCUT2D eigenvalue weighted by atomic mass is 32.1. The van der Waals surface area contributed by atoms with Gasteiger partial charge < -0.3 is 9.55 Å². The molecule has 2 heterocycles. The predicted molar refractivity (Wildman–Crippen MR) is 75.0 cm³/mol. The number of hydrogen-bond acceptors (Lipinski definition) is 2. The van der Waals surface area contributed by atoms with E-state index >= 15 is 0 Å². The molecule has 0 aliphatic rings. The third-order valence-electron chi connectivity index (χ3n) is 3.05. The van der Waals surface area contributed by atoms with Gasteiger partial charge in [0.05, 0.1) is 11.0 Å². The quantitative estimate of drug-likeness (QED) is 0.741. The van der Waals surface area contributed by atoms with Gasteiger partial charge in [-0.05, 0) is 42.5 Å². The molecule has 0 aliphatic carbocycles. The van der Waals surface area contributed by atoms with Crippen LogP contribution in [0, 0.1) is 10.6 Å². The van der Waals surface area contributed by atoms with Crippen LogP contribution in [0.2, 0.25) is 0 Å². The van der Waals surface area contributed by atoms with Crippen LogP contribution in [0.3, 0.4) is 0 Å². The average Bonchev–Trinajstić information content (AvgIpc) is 2.72. The van der Waals surface area contributed by atoms with Gasteiger partial charge >= 0.3 is 0 Å². The smallest absolute Gasteiger partial charge is 0.178 e. The van der Waals surface area contributed by atoms with Crippen molar-refractivity contribution in [2.45, 2.75) is 13.0 Å². The van der Waals surface area contributed by atoms with Crippen molar-refractivity contribution in [2.24, 2.45) is 0 Å². The van der Waals surface area contributed by atoms with Crippen molar-refractivity contribution >= 4 is 23.3 Å². The minimum absolute atomic E-state index is 0.263. The topological polar surface area (TPSA) is 33.6 Å². The summed E-state index contributed by atoms with van der Waals surface area (Å²) in [4.78, 5) is 7.31. The normalized spacial score (nSPS) is 11.0. The van der Waals surface area contributed by atoms with Crippen molar-refractivity contribution < 1.29 is 4.39 Å². The average molecular weight is 273 g/mol. The van der Waals surface area contributed by atoms with E-state index in [1.54, 1.807) is 12.3 Å². The number of imidazole rings is 1. The summed E-state index contributed by atoms with van der Waals surface area (Å²) in [6, 6.07) is 10.5. The number of nitrogens with zero attached hydrogens (tertiary/aromatic N) is 2. The van der Waals surface area contributed by atoms with Crippen LogP contribution >= 0.6 is 12.2 Å². The monoisotopic (exact) mass is 273 g/mol. The van der Waals surface area contributed by atoms with Crippen molar-refractivity contribution in [3.05, 3.63) is 58.9 Å². The molecule has 1 N–H and O–H groups in total. The summed E-state index contributed by atoms with van der Waals surface area (Å²) < 4.78 is 15.7. The van der Waals surface area contributed by atoms with Crippen LogP contribution in [-0.2, 0) is 13.0 Å². The van der Waals surface area contributed by atoms with E-state index in [4.69, 9.17) is 12.2 Å². The van der Waals surface area contributed by atoms with Crippen LogP contribution in [0.1, 0.15) is 5.69 Å². The lowest BCUT2D eigenvalue weighted by Gasteiger charge is -2.04. The molecular weight excluding hydrogens is 261 g/mol. The molecule has 0 atom stereocenters. The summed E-state index contributed by atoms with van der Waals surface area (Å²) >= 11 is 5.28. The molecule has 0 spiro atoms. The first-order valence-electron chi connectivity index (χ1n) is 6.02. The first-order chi connectivity index (χ1) is 9.24. The molecule has 0 amide bonds. The van der Waals surface area contributed by atoms with E-state index in [-0.39, 0.29) is 5.82 Å². The highest BCUT2D eigenvalue weighted by molar-refractivity contribution is 7.71. The number of aromatic amines is 1. The van der Waals surface area contributed by atoms with E-state index in [1.807, 2.05) is 22.8 Å². The zero-order valence-electron chi connectivity index (χ0n) is 10.1. The summed E-state index contributed by atoms with van der Waals surface area (Å²) in [6.45, 7) is 0.724. The fourth-order valence-electron chi connectivity index (χ4n) is 2.13. The van der Waals surface area contributed by atoms with E-state index in [0.717, 1.165) is 29.7 Å². The third kappa shape index (κ3) is 2.42. The molecule has 0 bridgehead atoms. The van der Waals surface area contributed by atoms with Gasteiger partial charge in [0, 0.05) is 24.9 Å². The third-order valence-corrected chi connectivity index (χ3v) is 3.38. The van der Waals surface area contributed by atoms with Crippen LogP contribution in [0.5, 0.6) is 0 Å². The molecule has 0 saturated heterocycles. The predicted octanol–water partition coefficient (Wildman–Crippen LogP) is 3.48. The van der Waals surface area contributed by atoms with Crippen molar-refractivity contribution in [3.63, 3.8) is 0 Å².